The van der Waals surface area contributed by atoms with Gasteiger partial charge in [0.05, 0.1) is 23.3 Å². The minimum absolute atomic E-state index is 0.0218. The molecular formula is C32H26N4O3. The van der Waals surface area contributed by atoms with Crippen molar-refractivity contribution in [1.29, 1.82) is 0 Å². The smallest absolute Gasteiger partial charge is 0.307 e. The topological polar surface area (TPSA) is 94.0 Å². The molecule has 0 aliphatic rings. The molecule has 7 nitrogen and oxygen atoms in total. The summed E-state index contributed by atoms with van der Waals surface area (Å²) < 4.78 is 7.50. The van der Waals surface area contributed by atoms with Crippen LogP contribution in [0.25, 0.3) is 33.3 Å². The Balaban J connectivity index is 1.60. The van der Waals surface area contributed by atoms with E-state index in [0.717, 1.165) is 61.6 Å². The van der Waals surface area contributed by atoms with Gasteiger partial charge in [0.15, 0.2) is 0 Å². The van der Waals surface area contributed by atoms with Crippen molar-refractivity contribution in [2.45, 2.75) is 26.3 Å². The van der Waals surface area contributed by atoms with Crippen molar-refractivity contribution in [3.05, 3.63) is 125 Å². The van der Waals surface area contributed by atoms with E-state index in [2.05, 4.69) is 35.5 Å². The second-order valence-electron chi connectivity index (χ2n) is 9.56. The Morgan fingerprint density at radius 2 is 1.67 bits per heavy atom. The number of carboxylic acid groups (broad SMARTS) is 1. The molecule has 192 valence electrons. The summed E-state index contributed by atoms with van der Waals surface area (Å²) in [4.78, 5) is 15.9. The number of fused-ring (bicyclic) bond motifs is 1. The third-order valence-electron chi connectivity index (χ3n) is 6.94. The molecule has 6 rings (SSSR count). The van der Waals surface area contributed by atoms with E-state index in [-0.39, 0.29) is 12.5 Å². The number of benzene rings is 3. The lowest BCUT2D eigenvalue weighted by molar-refractivity contribution is -0.136. The lowest BCUT2D eigenvalue weighted by Crippen LogP contribution is -2.15. The molecule has 0 aliphatic carbocycles. The number of hydrogen-bond donors (Lipinski definition) is 1. The first-order chi connectivity index (χ1) is 19.0. The monoisotopic (exact) mass is 514 g/mol. The van der Waals surface area contributed by atoms with Crippen LogP contribution in [0.2, 0.25) is 0 Å². The van der Waals surface area contributed by atoms with Crippen LogP contribution in [0, 0.1) is 13.8 Å². The fourth-order valence-corrected chi connectivity index (χ4v) is 5.16. The molecular weight excluding hydrogens is 488 g/mol. The van der Waals surface area contributed by atoms with E-state index in [4.69, 9.17) is 14.6 Å². The van der Waals surface area contributed by atoms with Gasteiger partial charge < -0.3 is 9.63 Å². The number of aromatic nitrogens is 4. The summed E-state index contributed by atoms with van der Waals surface area (Å²) in [5, 5.41) is 19.5. The molecule has 0 saturated carbocycles. The van der Waals surface area contributed by atoms with Crippen LogP contribution in [0.1, 0.15) is 34.3 Å². The van der Waals surface area contributed by atoms with Crippen LogP contribution >= 0.6 is 0 Å². The van der Waals surface area contributed by atoms with Crippen molar-refractivity contribution < 1.29 is 14.4 Å². The Bertz CT molecular complexity index is 1710. The number of aryl methyl sites for hydroxylation is 2. The lowest BCUT2D eigenvalue weighted by atomic mass is 9.99. The van der Waals surface area contributed by atoms with Crippen LogP contribution in [-0.4, -0.2) is 31.0 Å². The molecule has 0 aliphatic heterocycles. The highest BCUT2D eigenvalue weighted by Crippen LogP contribution is 2.37. The largest absolute Gasteiger partial charge is 0.481 e. The maximum atomic E-state index is 11.2. The molecule has 0 saturated heterocycles. The highest BCUT2D eigenvalue weighted by atomic mass is 16.5. The van der Waals surface area contributed by atoms with E-state index >= 15 is 0 Å². The summed E-state index contributed by atoms with van der Waals surface area (Å²) in [6.45, 7) is 3.86. The van der Waals surface area contributed by atoms with E-state index in [1.54, 1.807) is 6.20 Å². The van der Waals surface area contributed by atoms with E-state index in [0.29, 0.717) is 0 Å². The van der Waals surface area contributed by atoms with Gasteiger partial charge in [0.1, 0.15) is 17.5 Å². The Morgan fingerprint density at radius 3 is 2.33 bits per heavy atom. The summed E-state index contributed by atoms with van der Waals surface area (Å²) in [5.74, 6) is -0.0955. The number of nitrogens with zero attached hydrogens (tertiary/aromatic N) is 4. The molecule has 3 aromatic carbocycles. The third-order valence-corrected chi connectivity index (χ3v) is 6.94. The van der Waals surface area contributed by atoms with Crippen molar-refractivity contribution >= 4 is 16.9 Å². The Hall–Kier alpha value is -5.04. The predicted molar refractivity (Wildman–Crippen MR) is 149 cm³/mol. The van der Waals surface area contributed by atoms with Gasteiger partial charge in [-0.1, -0.05) is 71.9 Å². The van der Waals surface area contributed by atoms with E-state index in [1.807, 2.05) is 79.2 Å². The van der Waals surface area contributed by atoms with Crippen LogP contribution in [0.15, 0.2) is 102 Å². The second kappa shape index (κ2) is 10.0. The summed E-state index contributed by atoms with van der Waals surface area (Å²) in [5.41, 5.74) is 8.14. The minimum atomic E-state index is -0.856. The number of aliphatic carboxylic acids is 1. The molecule has 1 atom stereocenters. The van der Waals surface area contributed by atoms with Gasteiger partial charge in [0.2, 0.25) is 0 Å². The van der Waals surface area contributed by atoms with Crippen molar-refractivity contribution in [3.63, 3.8) is 0 Å². The zero-order valence-electron chi connectivity index (χ0n) is 21.6. The maximum Gasteiger partial charge on any atom is 0.307 e. The zero-order chi connectivity index (χ0) is 26.9. The summed E-state index contributed by atoms with van der Waals surface area (Å²) in [6, 6.07) is 29.7. The normalized spacial score (nSPS) is 12.1. The van der Waals surface area contributed by atoms with Crippen molar-refractivity contribution in [2.24, 2.45) is 0 Å². The van der Waals surface area contributed by atoms with Gasteiger partial charge >= 0.3 is 5.97 Å². The fourth-order valence-electron chi connectivity index (χ4n) is 5.16. The molecule has 0 bridgehead atoms. The molecule has 39 heavy (non-hydrogen) atoms. The SMILES string of the molecule is Cc1noc(C)c1-c1ccc2c(-c3ccc(CC(=O)O)cc3)nn(C(c3ccccc3)c3ccccn3)c2c1. The molecule has 6 aromatic rings. The Kier molecular flexibility index (Phi) is 6.25. The van der Waals surface area contributed by atoms with E-state index < -0.39 is 5.97 Å². The Morgan fingerprint density at radius 1 is 0.923 bits per heavy atom. The first kappa shape index (κ1) is 24.3. The highest BCUT2D eigenvalue weighted by Gasteiger charge is 2.24. The standard InChI is InChI=1S/C32H26N4O3/c1-20-30(21(2)39-35-20)25-15-16-26-28(19-25)36(34-31(26)23-13-11-22(12-14-23)18-29(37)38)32(24-8-4-3-5-9-24)27-10-6-7-17-33-27/h3-17,19,32H,18H2,1-2H3,(H,37,38). The van der Waals surface area contributed by atoms with Gasteiger partial charge in [-0.2, -0.15) is 5.10 Å². The van der Waals surface area contributed by atoms with Crippen LogP contribution in [-0.2, 0) is 11.2 Å². The number of carboxylic acids is 1. The molecule has 0 radical (unpaired) electrons. The van der Waals surface area contributed by atoms with Crippen molar-refractivity contribution in [3.8, 4) is 22.4 Å². The zero-order valence-corrected chi connectivity index (χ0v) is 21.6. The van der Waals surface area contributed by atoms with E-state index in [9.17, 15) is 9.90 Å². The van der Waals surface area contributed by atoms with Crippen molar-refractivity contribution in [1.82, 2.24) is 19.9 Å². The third kappa shape index (κ3) is 4.59. The number of hydrogen-bond acceptors (Lipinski definition) is 5. The number of pyridine rings is 1. The van der Waals surface area contributed by atoms with Crippen LogP contribution in [0.4, 0.5) is 0 Å². The van der Waals surface area contributed by atoms with E-state index in [1.165, 1.54) is 0 Å². The first-order valence-corrected chi connectivity index (χ1v) is 12.7. The molecule has 3 aromatic heterocycles. The van der Waals surface area contributed by atoms with Crippen molar-refractivity contribution in [2.75, 3.05) is 0 Å². The lowest BCUT2D eigenvalue weighted by Gasteiger charge is -2.19. The first-order valence-electron chi connectivity index (χ1n) is 12.7. The molecule has 0 amide bonds. The van der Waals surface area contributed by atoms with Gasteiger partial charge in [0.25, 0.3) is 0 Å². The van der Waals surface area contributed by atoms with Gasteiger partial charge in [-0.3, -0.25) is 14.5 Å². The molecule has 3 heterocycles. The molecule has 7 heteroatoms. The Labute approximate surface area is 225 Å². The van der Waals surface area contributed by atoms with Gasteiger partial charge in [-0.05, 0) is 54.8 Å². The van der Waals surface area contributed by atoms with Gasteiger partial charge in [0, 0.05) is 22.7 Å². The maximum absolute atomic E-state index is 11.2. The highest BCUT2D eigenvalue weighted by molar-refractivity contribution is 5.96. The number of rotatable bonds is 7. The summed E-state index contributed by atoms with van der Waals surface area (Å²) in [7, 11) is 0. The fraction of sp³-hybridized carbons (Fsp3) is 0.125. The quantitative estimate of drug-likeness (QED) is 0.257. The van der Waals surface area contributed by atoms with Gasteiger partial charge in [-0.15, -0.1) is 0 Å². The summed E-state index contributed by atoms with van der Waals surface area (Å²) >= 11 is 0. The molecule has 1 unspecified atom stereocenters. The predicted octanol–water partition coefficient (Wildman–Crippen LogP) is 6.63. The van der Waals surface area contributed by atoms with Crippen LogP contribution in [0.5, 0.6) is 0 Å². The molecule has 0 spiro atoms. The van der Waals surface area contributed by atoms with Gasteiger partial charge in [-0.25, -0.2) is 0 Å². The average Bonchev–Trinajstić information content (AvgIpc) is 3.49. The second-order valence-corrected chi connectivity index (χ2v) is 9.56. The van der Waals surface area contributed by atoms with Crippen LogP contribution in [0.3, 0.4) is 0 Å². The summed E-state index contributed by atoms with van der Waals surface area (Å²) in [6.07, 6.45) is 1.78. The molecule has 1 N–H and O–H groups in total. The molecule has 0 fully saturated rings. The number of carbonyl (C=O) groups is 1. The minimum Gasteiger partial charge on any atom is -0.481 e. The van der Waals surface area contributed by atoms with Crippen LogP contribution < -0.4 is 0 Å². The average molecular weight is 515 g/mol.